The van der Waals surface area contributed by atoms with Crippen molar-refractivity contribution in [2.24, 2.45) is 0 Å². The molecule has 0 bridgehead atoms. The molecule has 94 valence electrons. The van der Waals surface area contributed by atoms with E-state index in [0.29, 0.717) is 6.54 Å². The summed E-state index contributed by atoms with van der Waals surface area (Å²) in [6, 6.07) is 9.17. The van der Waals surface area contributed by atoms with E-state index in [2.05, 4.69) is 10.3 Å². The maximum absolute atomic E-state index is 11.5. The van der Waals surface area contributed by atoms with Gasteiger partial charge < -0.3 is 9.88 Å². The van der Waals surface area contributed by atoms with Crippen LogP contribution in [-0.2, 0) is 13.1 Å². The van der Waals surface area contributed by atoms with Crippen LogP contribution in [0.2, 0.25) is 0 Å². The largest absolute Gasteiger partial charge is 0.314 e. The van der Waals surface area contributed by atoms with Gasteiger partial charge in [0.25, 0.3) is 5.56 Å². The Kier molecular flexibility index (Phi) is 4.25. The Labute approximate surface area is 106 Å². The lowest BCUT2D eigenvalue weighted by Gasteiger charge is -2.08. The van der Waals surface area contributed by atoms with Crippen molar-refractivity contribution in [3.05, 3.63) is 64.3 Å². The van der Waals surface area contributed by atoms with Gasteiger partial charge >= 0.3 is 0 Å². The van der Waals surface area contributed by atoms with Gasteiger partial charge in [-0.2, -0.15) is 0 Å². The van der Waals surface area contributed by atoms with E-state index in [0.717, 1.165) is 18.8 Å². The Bertz CT molecular complexity index is 563. The molecule has 0 spiro atoms. The van der Waals surface area contributed by atoms with Crippen molar-refractivity contribution < 1.29 is 0 Å². The van der Waals surface area contributed by atoms with Gasteiger partial charge in [-0.15, -0.1) is 0 Å². The van der Waals surface area contributed by atoms with Crippen LogP contribution in [0.4, 0.5) is 0 Å². The molecule has 4 heteroatoms. The standard InChI is InChI=1S/C14H17N3O/c1-12-5-4-7-16-13(12)11-15-8-10-17-9-3-2-6-14(17)18/h2-7,9,15H,8,10-11H2,1H3. The minimum absolute atomic E-state index is 0.0355. The molecule has 0 atom stereocenters. The van der Waals surface area contributed by atoms with Crippen LogP contribution in [0, 0.1) is 6.92 Å². The van der Waals surface area contributed by atoms with Crippen molar-refractivity contribution in [1.82, 2.24) is 14.9 Å². The van der Waals surface area contributed by atoms with Gasteiger partial charge in [0.1, 0.15) is 0 Å². The highest BCUT2D eigenvalue weighted by Gasteiger charge is 1.98. The fraction of sp³-hybridized carbons (Fsp3) is 0.286. The van der Waals surface area contributed by atoms with E-state index >= 15 is 0 Å². The van der Waals surface area contributed by atoms with Crippen molar-refractivity contribution in [3.63, 3.8) is 0 Å². The maximum atomic E-state index is 11.5. The van der Waals surface area contributed by atoms with Gasteiger partial charge in [-0.1, -0.05) is 12.1 Å². The molecule has 0 aromatic carbocycles. The van der Waals surface area contributed by atoms with Crippen molar-refractivity contribution in [2.45, 2.75) is 20.0 Å². The summed E-state index contributed by atoms with van der Waals surface area (Å²) in [5.41, 5.74) is 2.27. The van der Waals surface area contributed by atoms with Gasteiger partial charge in [-0.05, 0) is 24.6 Å². The molecule has 2 heterocycles. The fourth-order valence-electron chi connectivity index (χ4n) is 1.76. The quantitative estimate of drug-likeness (QED) is 0.806. The SMILES string of the molecule is Cc1cccnc1CNCCn1ccccc1=O. The second-order valence-corrected chi connectivity index (χ2v) is 4.18. The lowest BCUT2D eigenvalue weighted by Crippen LogP contribution is -2.26. The van der Waals surface area contributed by atoms with E-state index in [1.54, 1.807) is 29.1 Å². The molecule has 4 nitrogen and oxygen atoms in total. The van der Waals surface area contributed by atoms with Crippen LogP contribution in [0.1, 0.15) is 11.3 Å². The zero-order valence-electron chi connectivity index (χ0n) is 10.5. The highest BCUT2D eigenvalue weighted by molar-refractivity contribution is 5.17. The molecule has 1 N–H and O–H groups in total. The zero-order valence-corrected chi connectivity index (χ0v) is 10.5. The Morgan fingerprint density at radius 2 is 2.17 bits per heavy atom. The van der Waals surface area contributed by atoms with Crippen LogP contribution < -0.4 is 10.9 Å². The van der Waals surface area contributed by atoms with Crippen molar-refractivity contribution in [1.29, 1.82) is 0 Å². The van der Waals surface area contributed by atoms with Crippen LogP contribution in [0.5, 0.6) is 0 Å². The van der Waals surface area contributed by atoms with Crippen LogP contribution >= 0.6 is 0 Å². The number of hydrogen-bond donors (Lipinski definition) is 1. The van der Waals surface area contributed by atoms with Gasteiger partial charge in [-0.25, -0.2) is 0 Å². The monoisotopic (exact) mass is 243 g/mol. The number of aromatic nitrogens is 2. The van der Waals surface area contributed by atoms with Crippen molar-refractivity contribution >= 4 is 0 Å². The van der Waals surface area contributed by atoms with Crippen LogP contribution in [0.3, 0.4) is 0 Å². The minimum atomic E-state index is 0.0355. The molecule has 2 aromatic rings. The van der Waals surface area contributed by atoms with Gasteiger partial charge in [0.05, 0.1) is 5.69 Å². The van der Waals surface area contributed by atoms with Gasteiger partial charge in [0, 0.05) is 38.1 Å². The topological polar surface area (TPSA) is 46.9 Å². The normalized spacial score (nSPS) is 10.5. The van der Waals surface area contributed by atoms with E-state index in [4.69, 9.17) is 0 Å². The Morgan fingerprint density at radius 3 is 2.94 bits per heavy atom. The van der Waals surface area contributed by atoms with Gasteiger partial charge in [0.2, 0.25) is 0 Å². The average Bonchev–Trinajstić information content (AvgIpc) is 2.38. The smallest absolute Gasteiger partial charge is 0.250 e. The first kappa shape index (κ1) is 12.5. The first-order valence-corrected chi connectivity index (χ1v) is 6.04. The highest BCUT2D eigenvalue weighted by Crippen LogP contribution is 2.01. The molecule has 0 aliphatic heterocycles. The Hall–Kier alpha value is -1.94. The minimum Gasteiger partial charge on any atom is -0.314 e. The summed E-state index contributed by atoms with van der Waals surface area (Å²) in [6.07, 6.45) is 3.60. The van der Waals surface area contributed by atoms with Gasteiger partial charge in [-0.3, -0.25) is 9.78 Å². The summed E-state index contributed by atoms with van der Waals surface area (Å²) in [4.78, 5) is 15.8. The van der Waals surface area contributed by atoms with E-state index in [-0.39, 0.29) is 5.56 Å². The lowest BCUT2D eigenvalue weighted by molar-refractivity contribution is 0.579. The van der Waals surface area contributed by atoms with E-state index in [9.17, 15) is 4.79 Å². The van der Waals surface area contributed by atoms with E-state index in [1.807, 2.05) is 25.1 Å². The fourth-order valence-corrected chi connectivity index (χ4v) is 1.76. The molecule has 0 aliphatic carbocycles. The average molecular weight is 243 g/mol. The molecule has 0 saturated heterocycles. The van der Waals surface area contributed by atoms with Gasteiger partial charge in [0.15, 0.2) is 0 Å². The molecule has 0 saturated carbocycles. The van der Waals surface area contributed by atoms with Crippen molar-refractivity contribution in [2.75, 3.05) is 6.54 Å². The predicted octanol–water partition coefficient (Wildman–Crippen LogP) is 1.34. The summed E-state index contributed by atoms with van der Waals surface area (Å²) in [5, 5.41) is 3.30. The zero-order chi connectivity index (χ0) is 12.8. The number of nitrogens with zero attached hydrogens (tertiary/aromatic N) is 2. The molecular weight excluding hydrogens is 226 g/mol. The third-order valence-electron chi connectivity index (χ3n) is 2.84. The Morgan fingerprint density at radius 1 is 1.28 bits per heavy atom. The summed E-state index contributed by atoms with van der Waals surface area (Å²) in [7, 11) is 0. The molecule has 0 amide bonds. The summed E-state index contributed by atoms with van der Waals surface area (Å²) in [6.45, 7) is 4.20. The number of nitrogens with one attached hydrogen (secondary N) is 1. The van der Waals surface area contributed by atoms with E-state index in [1.165, 1.54) is 5.56 Å². The number of aryl methyl sites for hydroxylation is 1. The molecule has 2 aromatic heterocycles. The van der Waals surface area contributed by atoms with Crippen LogP contribution in [0.25, 0.3) is 0 Å². The second kappa shape index (κ2) is 6.12. The Balaban J connectivity index is 1.82. The predicted molar refractivity (Wildman–Crippen MR) is 71.4 cm³/mol. The first-order valence-electron chi connectivity index (χ1n) is 6.04. The van der Waals surface area contributed by atoms with E-state index < -0.39 is 0 Å². The third-order valence-corrected chi connectivity index (χ3v) is 2.84. The van der Waals surface area contributed by atoms with Crippen LogP contribution in [-0.4, -0.2) is 16.1 Å². The molecular formula is C14H17N3O. The van der Waals surface area contributed by atoms with Crippen molar-refractivity contribution in [3.8, 4) is 0 Å². The number of rotatable bonds is 5. The number of hydrogen-bond acceptors (Lipinski definition) is 3. The molecule has 18 heavy (non-hydrogen) atoms. The lowest BCUT2D eigenvalue weighted by atomic mass is 10.2. The maximum Gasteiger partial charge on any atom is 0.250 e. The highest BCUT2D eigenvalue weighted by atomic mass is 16.1. The third kappa shape index (κ3) is 3.28. The number of pyridine rings is 2. The molecule has 0 fully saturated rings. The first-order chi connectivity index (χ1) is 8.77. The second-order valence-electron chi connectivity index (χ2n) is 4.18. The van der Waals surface area contributed by atoms with Crippen LogP contribution in [0.15, 0.2) is 47.5 Å². The summed E-state index contributed by atoms with van der Waals surface area (Å²) < 4.78 is 1.69. The molecule has 0 radical (unpaired) electrons. The summed E-state index contributed by atoms with van der Waals surface area (Å²) in [5.74, 6) is 0. The molecule has 2 rings (SSSR count). The summed E-state index contributed by atoms with van der Waals surface area (Å²) >= 11 is 0. The molecule has 0 aliphatic rings. The molecule has 0 unspecified atom stereocenters.